The molecule has 0 fully saturated rings. The quantitative estimate of drug-likeness (QED) is 0.527. The molecule has 2 N–H and O–H groups in total. The Kier molecular flexibility index (Phi) is 6.20. The molecule has 0 saturated heterocycles. The fourth-order valence-electron chi connectivity index (χ4n) is 1.95. The number of methoxy groups -OCH3 is 1. The van der Waals surface area contributed by atoms with Crippen molar-refractivity contribution in [2.24, 2.45) is 0 Å². The number of thiocarbonyl (C=S) groups is 1. The maximum absolute atomic E-state index is 12.3. The number of anilines is 1. The van der Waals surface area contributed by atoms with E-state index in [0.717, 1.165) is 14.8 Å². The molecule has 4 nitrogen and oxygen atoms in total. The predicted octanol–water partition coefficient (Wildman–Crippen LogP) is 4.39. The molecule has 0 atom stereocenters. The van der Waals surface area contributed by atoms with Crippen LogP contribution in [0.5, 0.6) is 5.75 Å². The Bertz CT molecular complexity index is 768. The van der Waals surface area contributed by atoms with Crippen molar-refractivity contribution >= 4 is 63.1 Å². The molecule has 0 spiro atoms. The smallest absolute Gasteiger partial charge is 0.261 e. The maximum atomic E-state index is 12.3. The van der Waals surface area contributed by atoms with Crippen LogP contribution in [0.3, 0.4) is 0 Å². The highest BCUT2D eigenvalue weighted by molar-refractivity contribution is 14.1. The van der Waals surface area contributed by atoms with Gasteiger partial charge in [0.05, 0.1) is 12.7 Å². The number of aryl methyl sites for hydroxylation is 1. The van der Waals surface area contributed by atoms with Crippen LogP contribution in [-0.4, -0.2) is 18.1 Å². The van der Waals surface area contributed by atoms with E-state index in [2.05, 4.69) is 33.2 Å². The fraction of sp³-hybridized carbons (Fsp3) is 0.125. The third-order valence-corrected chi connectivity index (χ3v) is 4.18. The van der Waals surface area contributed by atoms with Crippen LogP contribution in [-0.2, 0) is 0 Å². The van der Waals surface area contributed by atoms with E-state index < -0.39 is 0 Å². The Morgan fingerprint density at radius 2 is 2.00 bits per heavy atom. The summed E-state index contributed by atoms with van der Waals surface area (Å²) < 4.78 is 6.30. The highest BCUT2D eigenvalue weighted by Crippen LogP contribution is 2.22. The Morgan fingerprint density at radius 3 is 2.65 bits per heavy atom. The van der Waals surface area contributed by atoms with Gasteiger partial charge in [-0.3, -0.25) is 10.1 Å². The van der Waals surface area contributed by atoms with Crippen molar-refractivity contribution in [3.8, 4) is 5.75 Å². The molecule has 23 heavy (non-hydrogen) atoms. The number of carbonyl (C=O) groups excluding carboxylic acids is 1. The summed E-state index contributed by atoms with van der Waals surface area (Å²) >= 11 is 13.4. The third-order valence-electron chi connectivity index (χ3n) is 3.07. The molecule has 0 heterocycles. The second-order valence-electron chi connectivity index (χ2n) is 4.71. The first kappa shape index (κ1) is 18.0. The van der Waals surface area contributed by atoms with Crippen molar-refractivity contribution in [3.63, 3.8) is 0 Å². The summed E-state index contributed by atoms with van der Waals surface area (Å²) in [4.78, 5) is 12.3. The number of carbonyl (C=O) groups is 1. The standard InChI is InChI=1S/C16H14ClIN2O2S/c1-9-7-11(18)4-5-13(9)19-16(23)20-15(21)12-8-10(17)3-6-14(12)22-2/h3-8H,1-2H3,(H2,19,20,21,23). The second kappa shape index (κ2) is 7.94. The van der Waals surface area contributed by atoms with Crippen LogP contribution in [0.25, 0.3) is 0 Å². The van der Waals surface area contributed by atoms with E-state index >= 15 is 0 Å². The van der Waals surface area contributed by atoms with Crippen molar-refractivity contribution in [2.75, 3.05) is 12.4 Å². The second-order valence-corrected chi connectivity index (χ2v) is 6.80. The molecule has 0 aromatic heterocycles. The lowest BCUT2D eigenvalue weighted by Crippen LogP contribution is -2.34. The molecular weight excluding hydrogens is 447 g/mol. The number of benzene rings is 2. The lowest BCUT2D eigenvalue weighted by Gasteiger charge is -2.13. The fourth-order valence-corrected chi connectivity index (χ4v) is 2.97. The van der Waals surface area contributed by atoms with Crippen LogP contribution in [0.4, 0.5) is 5.69 Å². The summed E-state index contributed by atoms with van der Waals surface area (Å²) in [6, 6.07) is 10.7. The van der Waals surface area contributed by atoms with E-state index in [1.54, 1.807) is 12.1 Å². The minimum atomic E-state index is -0.384. The zero-order valence-corrected chi connectivity index (χ0v) is 16.2. The van der Waals surface area contributed by atoms with Crippen LogP contribution in [0.1, 0.15) is 15.9 Å². The number of halogens is 2. The third kappa shape index (κ3) is 4.79. The summed E-state index contributed by atoms with van der Waals surface area (Å²) in [5.74, 6) is 0.0464. The molecule has 2 aromatic rings. The minimum Gasteiger partial charge on any atom is -0.496 e. The van der Waals surface area contributed by atoms with E-state index in [-0.39, 0.29) is 11.0 Å². The summed E-state index contributed by atoms with van der Waals surface area (Å²) in [5.41, 5.74) is 2.20. The Labute approximate surface area is 158 Å². The zero-order valence-electron chi connectivity index (χ0n) is 12.4. The normalized spacial score (nSPS) is 10.1. The summed E-state index contributed by atoms with van der Waals surface area (Å²) in [6.45, 7) is 1.97. The predicted molar refractivity (Wildman–Crippen MR) is 106 cm³/mol. The Hall–Kier alpha value is -1.38. The number of nitrogens with one attached hydrogen (secondary N) is 2. The first-order valence-corrected chi connectivity index (χ1v) is 8.49. The lowest BCUT2D eigenvalue weighted by atomic mass is 10.2. The van der Waals surface area contributed by atoms with Gasteiger partial charge in [0.1, 0.15) is 5.75 Å². The van der Waals surface area contributed by atoms with Crippen LogP contribution in [0.2, 0.25) is 5.02 Å². The van der Waals surface area contributed by atoms with Gasteiger partial charge in [0, 0.05) is 14.3 Å². The van der Waals surface area contributed by atoms with Crippen molar-refractivity contribution in [2.45, 2.75) is 6.92 Å². The molecule has 0 aliphatic rings. The van der Waals surface area contributed by atoms with Crippen LogP contribution < -0.4 is 15.4 Å². The van der Waals surface area contributed by atoms with E-state index in [1.807, 2.05) is 25.1 Å². The minimum absolute atomic E-state index is 0.210. The number of rotatable bonds is 3. The average Bonchev–Trinajstić information content (AvgIpc) is 2.50. The van der Waals surface area contributed by atoms with Crippen LogP contribution >= 0.6 is 46.4 Å². The molecule has 7 heteroatoms. The average molecular weight is 461 g/mol. The van der Waals surface area contributed by atoms with Gasteiger partial charge in [-0.25, -0.2) is 0 Å². The van der Waals surface area contributed by atoms with Gasteiger partial charge >= 0.3 is 0 Å². The van der Waals surface area contributed by atoms with Crippen molar-refractivity contribution in [1.82, 2.24) is 5.32 Å². The monoisotopic (exact) mass is 460 g/mol. The Morgan fingerprint density at radius 1 is 1.26 bits per heavy atom. The number of ether oxygens (including phenoxy) is 1. The van der Waals surface area contributed by atoms with Gasteiger partial charge in [-0.2, -0.15) is 0 Å². The first-order chi connectivity index (χ1) is 10.9. The number of hydrogen-bond acceptors (Lipinski definition) is 3. The van der Waals surface area contributed by atoms with Crippen molar-refractivity contribution in [3.05, 3.63) is 56.1 Å². The van der Waals surface area contributed by atoms with Crippen LogP contribution in [0.15, 0.2) is 36.4 Å². The van der Waals surface area contributed by atoms with Crippen LogP contribution in [0, 0.1) is 10.5 Å². The number of hydrogen-bond donors (Lipinski definition) is 2. The lowest BCUT2D eigenvalue weighted by molar-refractivity contribution is 0.0975. The van der Waals surface area contributed by atoms with Gasteiger partial charge < -0.3 is 10.1 Å². The highest BCUT2D eigenvalue weighted by atomic mass is 127. The molecule has 0 radical (unpaired) electrons. The molecule has 2 aromatic carbocycles. The van der Waals surface area contributed by atoms with E-state index in [0.29, 0.717) is 16.3 Å². The zero-order chi connectivity index (χ0) is 17.0. The molecule has 120 valence electrons. The maximum Gasteiger partial charge on any atom is 0.261 e. The van der Waals surface area contributed by atoms with E-state index in [1.165, 1.54) is 13.2 Å². The summed E-state index contributed by atoms with van der Waals surface area (Å²) in [7, 11) is 1.49. The molecular formula is C16H14ClIN2O2S. The largest absolute Gasteiger partial charge is 0.496 e. The van der Waals surface area contributed by atoms with Gasteiger partial charge in [-0.05, 0) is 83.7 Å². The summed E-state index contributed by atoms with van der Waals surface area (Å²) in [6.07, 6.45) is 0. The molecule has 0 unspecified atom stereocenters. The highest BCUT2D eigenvalue weighted by Gasteiger charge is 2.14. The SMILES string of the molecule is COc1ccc(Cl)cc1C(=O)NC(=S)Nc1ccc(I)cc1C. The van der Waals surface area contributed by atoms with Crippen molar-refractivity contribution in [1.29, 1.82) is 0 Å². The molecule has 0 aliphatic carbocycles. The van der Waals surface area contributed by atoms with Crippen molar-refractivity contribution < 1.29 is 9.53 Å². The molecule has 1 amide bonds. The van der Waals surface area contributed by atoms with Gasteiger partial charge in [0.2, 0.25) is 0 Å². The Balaban J connectivity index is 2.11. The van der Waals surface area contributed by atoms with Gasteiger partial charge in [-0.15, -0.1) is 0 Å². The van der Waals surface area contributed by atoms with E-state index in [9.17, 15) is 4.79 Å². The number of amides is 1. The molecule has 0 bridgehead atoms. The molecule has 0 saturated carbocycles. The summed E-state index contributed by atoms with van der Waals surface area (Å²) in [5, 5.41) is 6.30. The molecule has 2 rings (SSSR count). The topological polar surface area (TPSA) is 50.4 Å². The van der Waals surface area contributed by atoms with Gasteiger partial charge in [-0.1, -0.05) is 11.6 Å². The molecule has 0 aliphatic heterocycles. The van der Waals surface area contributed by atoms with Gasteiger partial charge in [0.15, 0.2) is 5.11 Å². The van der Waals surface area contributed by atoms with Gasteiger partial charge in [0.25, 0.3) is 5.91 Å². The first-order valence-electron chi connectivity index (χ1n) is 6.62. The van der Waals surface area contributed by atoms with E-state index in [4.69, 9.17) is 28.6 Å².